The number of hydrogen-bond donors (Lipinski definition) is 0. The summed E-state index contributed by atoms with van der Waals surface area (Å²) in [4.78, 5) is 37.0. The highest BCUT2D eigenvalue weighted by molar-refractivity contribution is 8.19. The molecule has 1 aliphatic rings. The highest BCUT2D eigenvalue weighted by Gasteiger charge is 2.39. The summed E-state index contributed by atoms with van der Waals surface area (Å²) in [5.41, 5.74) is -0.541. The first-order valence-corrected chi connectivity index (χ1v) is 9.14. The van der Waals surface area contributed by atoms with Crippen LogP contribution in [0.3, 0.4) is 0 Å². The third-order valence-electron chi connectivity index (χ3n) is 3.94. The van der Waals surface area contributed by atoms with Gasteiger partial charge in [-0.15, -0.1) is 0 Å². The number of carbonyl (C=O) groups is 3. The molecule has 0 radical (unpaired) electrons. The molecule has 2 aromatic carbocycles. The Morgan fingerprint density at radius 2 is 1.79 bits per heavy atom. The van der Waals surface area contributed by atoms with Crippen LogP contribution in [-0.2, 0) is 15.7 Å². The second-order valence-electron chi connectivity index (χ2n) is 5.79. The van der Waals surface area contributed by atoms with E-state index in [0.717, 1.165) is 6.07 Å². The number of hydrogen-bond acceptors (Lipinski definition) is 5. The summed E-state index contributed by atoms with van der Waals surface area (Å²) in [6.45, 7) is 0. The van der Waals surface area contributed by atoms with Crippen molar-refractivity contribution in [3.8, 4) is 0 Å². The Labute approximate surface area is 172 Å². The van der Waals surface area contributed by atoms with Gasteiger partial charge in [-0.05, 0) is 53.7 Å². The molecule has 2 amide bonds. The number of benzene rings is 2. The van der Waals surface area contributed by atoms with Crippen molar-refractivity contribution in [2.24, 2.45) is 0 Å². The molecule has 0 aliphatic carbocycles. The van der Waals surface area contributed by atoms with Crippen LogP contribution >= 0.6 is 23.4 Å². The van der Waals surface area contributed by atoms with Crippen LogP contribution in [0.4, 0.5) is 23.7 Å². The van der Waals surface area contributed by atoms with Crippen molar-refractivity contribution in [1.82, 2.24) is 0 Å². The molecular weight excluding hydrogens is 431 g/mol. The lowest BCUT2D eigenvalue weighted by molar-refractivity contribution is -0.137. The highest BCUT2D eigenvalue weighted by atomic mass is 35.5. The van der Waals surface area contributed by atoms with Gasteiger partial charge >= 0.3 is 12.1 Å². The number of alkyl halides is 3. The minimum atomic E-state index is -4.73. The van der Waals surface area contributed by atoms with Gasteiger partial charge in [0.1, 0.15) is 0 Å². The van der Waals surface area contributed by atoms with E-state index in [9.17, 15) is 27.6 Å². The van der Waals surface area contributed by atoms with Gasteiger partial charge < -0.3 is 4.74 Å². The molecule has 0 atom stereocenters. The Morgan fingerprint density at radius 3 is 2.38 bits per heavy atom. The van der Waals surface area contributed by atoms with Crippen LogP contribution in [0.5, 0.6) is 0 Å². The van der Waals surface area contributed by atoms with Gasteiger partial charge in [-0.25, -0.2) is 9.69 Å². The number of rotatable bonds is 3. The number of carbonyl (C=O) groups excluding carboxylic acids is 3. The van der Waals surface area contributed by atoms with E-state index >= 15 is 0 Å². The number of methoxy groups -OCH3 is 1. The molecule has 0 N–H and O–H groups in total. The number of ether oxygens (including phenoxy) is 1. The first-order valence-electron chi connectivity index (χ1n) is 7.95. The predicted octanol–water partition coefficient (Wildman–Crippen LogP) is 5.39. The summed E-state index contributed by atoms with van der Waals surface area (Å²) < 4.78 is 43.8. The molecule has 10 heteroatoms. The molecule has 29 heavy (non-hydrogen) atoms. The Kier molecular flexibility index (Phi) is 5.72. The van der Waals surface area contributed by atoms with Crippen LogP contribution < -0.4 is 4.90 Å². The molecule has 0 unspecified atom stereocenters. The fourth-order valence-electron chi connectivity index (χ4n) is 2.54. The largest absolute Gasteiger partial charge is 0.465 e. The molecule has 1 heterocycles. The smallest absolute Gasteiger partial charge is 0.417 e. The second-order valence-corrected chi connectivity index (χ2v) is 7.19. The van der Waals surface area contributed by atoms with E-state index in [-0.39, 0.29) is 10.6 Å². The van der Waals surface area contributed by atoms with E-state index in [4.69, 9.17) is 11.6 Å². The van der Waals surface area contributed by atoms with Crippen molar-refractivity contribution < 1.29 is 32.3 Å². The Hall–Kier alpha value is -2.78. The lowest BCUT2D eigenvalue weighted by Crippen LogP contribution is -2.28. The standard InChI is InChI=1S/C19H11ClF3NO4S/c1-28-17(26)11-4-2-10(3-5-11)8-15-16(25)24(18(27)29-15)12-6-7-14(20)13(9-12)19(21,22)23/h2-9H,1H3/b15-8-. The van der Waals surface area contributed by atoms with Crippen LogP contribution in [0.15, 0.2) is 47.4 Å². The van der Waals surface area contributed by atoms with Gasteiger partial charge in [0.15, 0.2) is 0 Å². The Morgan fingerprint density at radius 1 is 1.14 bits per heavy atom. The number of thioether (sulfide) groups is 1. The third-order valence-corrected chi connectivity index (χ3v) is 5.14. The molecule has 1 aliphatic heterocycles. The predicted molar refractivity (Wildman–Crippen MR) is 103 cm³/mol. The van der Waals surface area contributed by atoms with Gasteiger partial charge in [-0.1, -0.05) is 23.7 Å². The zero-order valence-electron chi connectivity index (χ0n) is 14.6. The molecular formula is C19H11ClF3NO4S. The van der Waals surface area contributed by atoms with Crippen LogP contribution in [0.2, 0.25) is 5.02 Å². The zero-order chi connectivity index (χ0) is 21.3. The lowest BCUT2D eigenvalue weighted by atomic mass is 10.1. The average molecular weight is 442 g/mol. The molecule has 3 rings (SSSR count). The third kappa shape index (κ3) is 4.30. The van der Waals surface area contributed by atoms with E-state index < -0.39 is 33.9 Å². The monoisotopic (exact) mass is 441 g/mol. The SMILES string of the molecule is COC(=O)c1ccc(/C=C2\SC(=O)N(c3ccc(Cl)c(C(F)(F)F)c3)C2=O)cc1. The summed E-state index contributed by atoms with van der Waals surface area (Å²) in [6, 6.07) is 8.87. The van der Waals surface area contributed by atoms with E-state index in [0.29, 0.717) is 33.9 Å². The number of nitrogens with zero attached hydrogens (tertiary/aromatic N) is 1. The lowest BCUT2D eigenvalue weighted by Gasteiger charge is -2.16. The summed E-state index contributed by atoms with van der Waals surface area (Å²) in [5.74, 6) is -1.28. The normalized spacial score (nSPS) is 15.9. The molecule has 0 bridgehead atoms. The Balaban J connectivity index is 1.90. The Bertz CT molecular complexity index is 1030. The maximum atomic E-state index is 13.1. The summed E-state index contributed by atoms with van der Waals surface area (Å²) in [5, 5.41) is -1.27. The highest BCUT2D eigenvalue weighted by Crippen LogP contribution is 2.40. The molecule has 1 saturated heterocycles. The molecule has 5 nitrogen and oxygen atoms in total. The van der Waals surface area contributed by atoms with Gasteiger partial charge in [-0.3, -0.25) is 9.59 Å². The summed E-state index contributed by atoms with van der Waals surface area (Å²) in [7, 11) is 1.24. The van der Waals surface area contributed by atoms with Crippen molar-refractivity contribution in [2.75, 3.05) is 12.0 Å². The average Bonchev–Trinajstić information content (AvgIpc) is 2.94. The van der Waals surface area contributed by atoms with E-state index in [1.807, 2.05) is 0 Å². The molecule has 0 aromatic heterocycles. The minimum Gasteiger partial charge on any atom is -0.465 e. The van der Waals surface area contributed by atoms with Gasteiger partial charge in [0, 0.05) is 0 Å². The quantitative estimate of drug-likeness (QED) is 0.472. The number of imide groups is 1. The van der Waals surface area contributed by atoms with Gasteiger partial charge in [-0.2, -0.15) is 13.2 Å². The topological polar surface area (TPSA) is 63.7 Å². The first-order chi connectivity index (χ1) is 13.6. The van der Waals surface area contributed by atoms with Gasteiger partial charge in [0.25, 0.3) is 11.1 Å². The number of anilines is 1. The fourth-order valence-corrected chi connectivity index (χ4v) is 3.61. The molecule has 150 valence electrons. The van der Waals surface area contributed by atoms with Gasteiger partial charge in [0.2, 0.25) is 0 Å². The summed E-state index contributed by atoms with van der Waals surface area (Å²) in [6.07, 6.45) is -3.32. The molecule has 0 spiro atoms. The fraction of sp³-hybridized carbons (Fsp3) is 0.105. The van der Waals surface area contributed by atoms with Crippen LogP contribution in [0.1, 0.15) is 21.5 Å². The van der Waals surface area contributed by atoms with Crippen molar-refractivity contribution in [3.63, 3.8) is 0 Å². The van der Waals surface area contributed by atoms with E-state index in [1.54, 1.807) is 12.1 Å². The molecule has 2 aromatic rings. The first kappa shape index (κ1) is 20.9. The van der Waals surface area contributed by atoms with Crippen LogP contribution in [0, 0.1) is 0 Å². The van der Waals surface area contributed by atoms with Crippen molar-refractivity contribution in [3.05, 3.63) is 69.1 Å². The van der Waals surface area contributed by atoms with Crippen molar-refractivity contribution >= 4 is 52.2 Å². The number of esters is 1. The van der Waals surface area contributed by atoms with Crippen LogP contribution in [0.25, 0.3) is 6.08 Å². The maximum absolute atomic E-state index is 13.1. The zero-order valence-corrected chi connectivity index (χ0v) is 16.2. The van der Waals surface area contributed by atoms with Gasteiger partial charge in [0.05, 0.1) is 33.9 Å². The molecule has 0 saturated carbocycles. The second kappa shape index (κ2) is 7.92. The summed E-state index contributed by atoms with van der Waals surface area (Å²) >= 11 is 6.18. The van der Waals surface area contributed by atoms with E-state index in [2.05, 4.69) is 4.74 Å². The number of amides is 2. The van der Waals surface area contributed by atoms with Crippen molar-refractivity contribution in [2.45, 2.75) is 6.18 Å². The minimum absolute atomic E-state index is 0.0318. The van der Waals surface area contributed by atoms with Crippen molar-refractivity contribution in [1.29, 1.82) is 0 Å². The maximum Gasteiger partial charge on any atom is 0.417 e. The van der Waals surface area contributed by atoms with E-state index in [1.165, 1.54) is 31.4 Å². The number of halogens is 4. The molecule has 1 fully saturated rings. The van der Waals surface area contributed by atoms with Crippen LogP contribution in [-0.4, -0.2) is 24.2 Å².